The van der Waals surface area contributed by atoms with Gasteiger partial charge in [0.25, 0.3) is 6.29 Å². The van der Waals surface area contributed by atoms with E-state index in [1.807, 2.05) is 35.7 Å². The molecule has 1 aromatic heterocycles. The Kier molecular flexibility index (Phi) is 7.74. The normalized spacial score (nSPS) is 10.9. The first-order valence-corrected chi connectivity index (χ1v) is 8.83. The number of aromatic nitrogens is 1. The molecule has 0 aliphatic rings. The summed E-state index contributed by atoms with van der Waals surface area (Å²) in [4.78, 5) is 10.8. The van der Waals surface area contributed by atoms with Crippen molar-refractivity contribution < 1.29 is 14.0 Å². The quantitative estimate of drug-likeness (QED) is 0.510. The predicted molar refractivity (Wildman–Crippen MR) is 83.3 cm³/mol. The molecule has 108 valence electrons. The highest BCUT2D eigenvalue weighted by Gasteiger charge is 2.20. The van der Waals surface area contributed by atoms with Gasteiger partial charge in [-0.25, -0.2) is 0 Å². The molecule has 2 aromatic rings. The van der Waals surface area contributed by atoms with E-state index in [-0.39, 0.29) is 6.29 Å². The lowest BCUT2D eigenvalue weighted by molar-refractivity contribution is -0.650. The van der Waals surface area contributed by atoms with Crippen LogP contribution in [0.25, 0.3) is 11.3 Å². The smallest absolute Gasteiger partial charge is 0.355 e. The van der Waals surface area contributed by atoms with Crippen molar-refractivity contribution in [3.8, 4) is 11.3 Å². The molecular formula is C11H11Cl3N2O2PS+. The van der Waals surface area contributed by atoms with Gasteiger partial charge in [0.1, 0.15) is 5.69 Å². The van der Waals surface area contributed by atoms with Crippen LogP contribution < -0.4 is 15.2 Å². The first-order valence-electron chi connectivity index (χ1n) is 5.28. The molecule has 1 atom stereocenters. The predicted octanol–water partition coefficient (Wildman–Crippen LogP) is 3.33. The van der Waals surface area contributed by atoms with Crippen molar-refractivity contribution in [3.63, 3.8) is 0 Å². The third-order valence-electron chi connectivity index (χ3n) is 2.17. The van der Waals surface area contributed by atoms with Crippen LogP contribution in [0.5, 0.6) is 0 Å². The Labute approximate surface area is 136 Å². The maximum absolute atomic E-state index is 10.8. The summed E-state index contributed by atoms with van der Waals surface area (Å²) in [6, 6.07) is 9.58. The molecule has 0 fully saturated rings. The number of benzene rings is 1. The standard InChI is InChI=1S/C10H9N2O2PS.CHCl3/c11-10-12(7-15(13)14)9(6-16-10)8-4-2-1-3-5-8;2-1(3)4/h1-6,11H,7H2;1H/p+1. The van der Waals surface area contributed by atoms with Gasteiger partial charge in [-0.2, -0.15) is 4.57 Å². The molecule has 1 unspecified atom stereocenters. The summed E-state index contributed by atoms with van der Waals surface area (Å²) in [7, 11) is -2.48. The molecule has 0 aliphatic heterocycles. The lowest BCUT2D eigenvalue weighted by Gasteiger charge is -1.99. The van der Waals surface area contributed by atoms with Gasteiger partial charge in [-0.1, -0.05) is 81.0 Å². The number of anilines is 1. The lowest BCUT2D eigenvalue weighted by atomic mass is 10.2. The number of halogens is 3. The van der Waals surface area contributed by atoms with Crippen LogP contribution in [0.15, 0.2) is 35.7 Å². The Balaban J connectivity index is 0.000000444. The van der Waals surface area contributed by atoms with Crippen LogP contribution >= 0.6 is 54.2 Å². The third kappa shape index (κ3) is 5.92. The third-order valence-corrected chi connectivity index (χ3v) is 3.49. The van der Waals surface area contributed by atoms with Crippen molar-refractivity contribution in [1.82, 2.24) is 0 Å². The highest BCUT2D eigenvalue weighted by Crippen LogP contribution is 2.23. The second-order valence-electron chi connectivity index (χ2n) is 3.47. The molecule has 2 rings (SSSR count). The first-order chi connectivity index (χ1) is 9.41. The van der Waals surface area contributed by atoms with Crippen LogP contribution in [0.4, 0.5) is 5.13 Å². The molecule has 4 nitrogen and oxygen atoms in total. The second kappa shape index (κ2) is 8.78. The van der Waals surface area contributed by atoms with Crippen molar-refractivity contribution in [2.24, 2.45) is 0 Å². The van der Waals surface area contributed by atoms with E-state index >= 15 is 0 Å². The maximum atomic E-state index is 10.8. The van der Waals surface area contributed by atoms with E-state index in [0.29, 0.717) is 5.13 Å². The van der Waals surface area contributed by atoms with Gasteiger partial charge in [0.15, 0.2) is 4.30 Å². The Morgan fingerprint density at radius 1 is 1.30 bits per heavy atom. The number of rotatable bonds is 3. The van der Waals surface area contributed by atoms with Gasteiger partial charge < -0.3 is 4.89 Å². The summed E-state index contributed by atoms with van der Waals surface area (Å²) in [5, 5.41) is 2.36. The molecule has 0 amide bonds. The van der Waals surface area contributed by atoms with Gasteiger partial charge in [-0.05, 0) is 0 Å². The Hall–Kier alpha value is -0.420. The van der Waals surface area contributed by atoms with E-state index < -0.39 is 12.3 Å². The van der Waals surface area contributed by atoms with Crippen LogP contribution in [-0.4, -0.2) is 4.30 Å². The number of nitrogen functional groups attached to an aromatic ring is 1. The van der Waals surface area contributed by atoms with E-state index in [1.165, 1.54) is 11.3 Å². The van der Waals surface area contributed by atoms with Crippen molar-refractivity contribution in [3.05, 3.63) is 35.7 Å². The van der Waals surface area contributed by atoms with Gasteiger partial charge in [0.2, 0.25) is 0 Å². The van der Waals surface area contributed by atoms with Gasteiger partial charge >= 0.3 is 13.2 Å². The lowest BCUT2D eigenvalue weighted by Crippen LogP contribution is -2.36. The van der Waals surface area contributed by atoms with Gasteiger partial charge in [-0.15, -0.1) is 0 Å². The average Bonchev–Trinajstić information content (AvgIpc) is 2.71. The molecule has 0 aliphatic carbocycles. The molecule has 0 spiro atoms. The van der Waals surface area contributed by atoms with Crippen molar-refractivity contribution in [2.75, 3.05) is 5.73 Å². The molecular weight excluding hydrogens is 362 g/mol. The van der Waals surface area contributed by atoms with Crippen LogP contribution in [0.3, 0.4) is 0 Å². The second-order valence-corrected chi connectivity index (χ2v) is 7.29. The zero-order valence-corrected chi connectivity index (χ0v) is 14.1. The monoisotopic (exact) mass is 371 g/mol. The van der Waals surface area contributed by atoms with Crippen LogP contribution in [0.2, 0.25) is 0 Å². The summed E-state index contributed by atoms with van der Waals surface area (Å²) >= 11 is 15.8. The molecule has 0 saturated carbocycles. The van der Waals surface area contributed by atoms with E-state index in [4.69, 9.17) is 40.5 Å². The van der Waals surface area contributed by atoms with Crippen LogP contribution in [-0.2, 0) is 10.9 Å². The topological polar surface area (TPSA) is 70.0 Å². The molecule has 0 bridgehead atoms. The number of nitrogens with zero attached hydrogens (tertiary/aromatic N) is 1. The molecule has 1 aromatic carbocycles. The van der Waals surface area contributed by atoms with Gasteiger partial charge in [-0.3, -0.25) is 5.73 Å². The van der Waals surface area contributed by atoms with Crippen LogP contribution in [0.1, 0.15) is 0 Å². The summed E-state index contributed by atoms with van der Waals surface area (Å²) in [6.45, 7) is 0. The minimum atomic E-state index is -2.48. The molecule has 1 heterocycles. The summed E-state index contributed by atoms with van der Waals surface area (Å²) in [5.74, 6) is 0. The maximum Gasteiger partial charge on any atom is 0.355 e. The van der Waals surface area contributed by atoms with Crippen molar-refractivity contribution in [2.45, 2.75) is 10.6 Å². The summed E-state index contributed by atoms with van der Waals surface area (Å²) in [5.41, 5.74) is 7.54. The zero-order valence-electron chi connectivity index (χ0n) is 10.1. The number of hydrogen-bond donors (Lipinski definition) is 1. The fraction of sp³-hybridized carbons (Fsp3) is 0.182. The number of alkyl halides is 3. The zero-order chi connectivity index (χ0) is 15.1. The molecule has 2 N–H and O–H groups in total. The molecule has 9 heteroatoms. The fourth-order valence-corrected chi connectivity index (χ4v) is 2.87. The summed E-state index contributed by atoms with van der Waals surface area (Å²) < 4.78 is 11.6. The van der Waals surface area contributed by atoms with Gasteiger partial charge in [0, 0.05) is 10.9 Å². The van der Waals surface area contributed by atoms with Crippen LogP contribution in [0, 0.1) is 0 Å². The first kappa shape index (κ1) is 17.6. The van der Waals surface area contributed by atoms with E-state index in [2.05, 4.69) is 0 Å². The average molecular weight is 373 g/mol. The minimum Gasteiger partial charge on any atom is -0.592 e. The molecule has 0 saturated heterocycles. The van der Waals surface area contributed by atoms with E-state index in [0.717, 1.165) is 11.3 Å². The molecule has 0 radical (unpaired) electrons. The van der Waals surface area contributed by atoms with E-state index in [1.54, 1.807) is 4.57 Å². The number of hydrogen-bond acceptors (Lipinski definition) is 4. The Morgan fingerprint density at radius 3 is 2.35 bits per heavy atom. The highest BCUT2D eigenvalue weighted by molar-refractivity contribution is 7.34. The SMILES string of the molecule is ClC(Cl)Cl.Nc1scc(-c2ccccc2)[n+]1C[P+](=O)[O-]. The Bertz CT molecular complexity index is 563. The number of thiazole rings is 1. The fourth-order valence-electron chi connectivity index (χ4n) is 1.46. The van der Waals surface area contributed by atoms with Crippen molar-refractivity contribution in [1.29, 1.82) is 0 Å². The summed E-state index contributed by atoms with van der Waals surface area (Å²) in [6.07, 6.45) is -0.0745. The van der Waals surface area contributed by atoms with Gasteiger partial charge in [0.05, 0.1) is 0 Å². The highest BCUT2D eigenvalue weighted by atomic mass is 35.6. The van der Waals surface area contributed by atoms with E-state index in [9.17, 15) is 9.46 Å². The van der Waals surface area contributed by atoms with Crippen molar-refractivity contribution >= 4 is 59.3 Å². The minimum absolute atomic E-state index is 0.0745. The Morgan fingerprint density at radius 2 is 1.85 bits per heavy atom. The molecule has 20 heavy (non-hydrogen) atoms. The number of nitrogens with two attached hydrogens (primary N) is 1. The largest absolute Gasteiger partial charge is 0.592 e.